The molecule has 43 heavy (non-hydrogen) atoms. The number of fused-ring (bicyclic) bond motifs is 4. The van der Waals surface area contributed by atoms with E-state index in [1.54, 1.807) is 0 Å². The summed E-state index contributed by atoms with van der Waals surface area (Å²) in [6.45, 7) is 6.84. The fourth-order valence-corrected chi connectivity index (χ4v) is 7.08. The summed E-state index contributed by atoms with van der Waals surface area (Å²) in [5, 5.41) is 5.56. The quantitative estimate of drug-likeness (QED) is 0.124. The molecule has 4 heteroatoms. The number of rotatable bonds is 5. The topological polar surface area (TPSA) is 0 Å². The summed E-state index contributed by atoms with van der Waals surface area (Å²) in [5.74, 6) is 0.590. The summed E-state index contributed by atoms with van der Waals surface area (Å²) in [4.78, 5) is 0. The zero-order valence-corrected chi connectivity index (χ0v) is 29.8. The van der Waals surface area contributed by atoms with Crippen LogP contribution in [0.3, 0.4) is 0 Å². The first kappa shape index (κ1) is 31.8. The maximum Gasteiger partial charge on any atom is 0.0920 e. The first-order valence-electron chi connectivity index (χ1n) is 14.8. The van der Waals surface area contributed by atoms with Gasteiger partial charge in [0.05, 0.1) is 9.52 Å². The summed E-state index contributed by atoms with van der Waals surface area (Å²) in [7, 11) is 10.7. The first-order chi connectivity index (χ1) is 21.1. The average Bonchev–Trinajstić information content (AvgIpc) is 3.67. The van der Waals surface area contributed by atoms with Crippen molar-refractivity contribution in [3.8, 4) is 33.4 Å². The second-order valence-corrected chi connectivity index (χ2v) is 15.7. The van der Waals surface area contributed by atoms with Gasteiger partial charge in [-0.2, -0.15) is 35.5 Å². The fraction of sp³-hybridized carbons (Fsp3) is 0.154. The van der Waals surface area contributed by atoms with Crippen LogP contribution in [0.15, 0.2) is 121 Å². The van der Waals surface area contributed by atoms with Crippen molar-refractivity contribution in [1.82, 2.24) is 0 Å². The van der Waals surface area contributed by atoms with Gasteiger partial charge in [0.15, 0.2) is 0 Å². The van der Waals surface area contributed by atoms with Crippen molar-refractivity contribution in [2.45, 2.75) is 39.5 Å². The molecule has 0 N–H and O–H groups in total. The molecule has 0 bridgehead atoms. The Labute approximate surface area is 278 Å². The Kier molecular flexibility index (Phi) is 11.4. The van der Waals surface area contributed by atoms with E-state index in [2.05, 4.69) is 142 Å². The first-order valence-corrected chi connectivity index (χ1v) is 22.1. The van der Waals surface area contributed by atoms with Gasteiger partial charge in [-0.15, -0.1) is 34.0 Å². The van der Waals surface area contributed by atoms with Crippen molar-refractivity contribution in [3.63, 3.8) is 0 Å². The SMILES string of the molecule is CCc1ccccc1-c1c(-c2ccccc2)ccc2[cH-]c(C(C)CC)cc12.[Cl][Zr+2][Cl].[c-]1cccc2c1[Si]c1ccccc1-2. The minimum atomic E-state index is -0.826. The van der Waals surface area contributed by atoms with Crippen LogP contribution in [0.4, 0.5) is 0 Å². The minimum Gasteiger partial charge on any atom is -0.184 e. The van der Waals surface area contributed by atoms with Crippen molar-refractivity contribution in [2.24, 2.45) is 0 Å². The molecule has 0 fully saturated rings. The van der Waals surface area contributed by atoms with Crippen molar-refractivity contribution in [1.29, 1.82) is 0 Å². The van der Waals surface area contributed by atoms with Crippen LogP contribution in [-0.2, 0) is 27.3 Å². The molecule has 6 aromatic rings. The Hall–Kier alpha value is -2.61. The second kappa shape index (κ2) is 15.4. The van der Waals surface area contributed by atoms with Gasteiger partial charge in [-0.3, -0.25) is 0 Å². The number of aryl methyl sites for hydroxylation is 1. The van der Waals surface area contributed by atoms with Gasteiger partial charge >= 0.3 is 37.9 Å². The number of benzene rings is 5. The summed E-state index contributed by atoms with van der Waals surface area (Å²) in [5.41, 5.74) is 11.0. The number of hydrogen-bond donors (Lipinski definition) is 0. The van der Waals surface area contributed by atoms with Crippen molar-refractivity contribution in [2.75, 3.05) is 0 Å². The van der Waals surface area contributed by atoms with E-state index in [1.165, 1.54) is 72.1 Å². The van der Waals surface area contributed by atoms with Gasteiger partial charge in [0, 0.05) is 0 Å². The molecule has 1 aliphatic rings. The zero-order chi connectivity index (χ0) is 30.2. The Morgan fingerprint density at radius 2 is 1.44 bits per heavy atom. The molecule has 0 saturated heterocycles. The molecule has 2 radical (unpaired) electrons. The Morgan fingerprint density at radius 1 is 0.767 bits per heavy atom. The summed E-state index contributed by atoms with van der Waals surface area (Å²) < 4.78 is 0. The molecule has 1 unspecified atom stereocenters. The van der Waals surface area contributed by atoms with Gasteiger partial charge < -0.3 is 0 Å². The smallest absolute Gasteiger partial charge is 0.0920 e. The molecule has 1 aliphatic heterocycles. The van der Waals surface area contributed by atoms with E-state index in [4.69, 9.17) is 17.0 Å². The van der Waals surface area contributed by atoms with Crippen molar-refractivity contribution >= 4 is 47.7 Å². The molecule has 0 spiro atoms. The van der Waals surface area contributed by atoms with E-state index >= 15 is 0 Å². The molecule has 0 saturated carbocycles. The third kappa shape index (κ3) is 7.21. The predicted octanol–water partition coefficient (Wildman–Crippen LogP) is 10.5. The average molecular weight is 693 g/mol. The van der Waals surface area contributed by atoms with Gasteiger partial charge in [-0.25, -0.2) is 0 Å². The Morgan fingerprint density at radius 3 is 2.19 bits per heavy atom. The van der Waals surface area contributed by atoms with Crippen LogP contribution in [0.25, 0.3) is 44.2 Å². The third-order valence-corrected chi connectivity index (χ3v) is 9.55. The Balaban J connectivity index is 0.000000190. The molecule has 7 rings (SSSR count). The standard InChI is InChI=1S/C27H27.C12H7Si.2ClH.Zr/c1-4-19(3)23-17-22-15-16-25(21-12-7-6-8-13-21)27(26(22)18-23)24-14-10-9-11-20(24)5-2;1-3-7-11-9(5-1)10-6-2-4-8-12(10)13-11;;;/h6-19H,4-5H2,1-3H3;1-7H;2*1H;/q2*-1;;;+4/p-2. The fourth-order valence-electron chi connectivity index (χ4n) is 5.77. The molecule has 1 heterocycles. The van der Waals surface area contributed by atoms with Crippen LogP contribution >= 0.6 is 17.0 Å². The molecule has 0 aliphatic carbocycles. The Bertz CT molecular complexity index is 1750. The second-order valence-electron chi connectivity index (χ2n) is 10.7. The predicted molar refractivity (Wildman–Crippen MR) is 186 cm³/mol. The molecule has 6 aromatic carbocycles. The van der Waals surface area contributed by atoms with Crippen LogP contribution in [-0.4, -0.2) is 9.52 Å². The maximum absolute atomic E-state index is 4.93. The van der Waals surface area contributed by atoms with Gasteiger partial charge in [-0.05, 0) is 34.6 Å². The van der Waals surface area contributed by atoms with Gasteiger partial charge in [0.2, 0.25) is 0 Å². The minimum absolute atomic E-state index is 0.590. The van der Waals surface area contributed by atoms with Crippen LogP contribution in [0.1, 0.15) is 44.2 Å². The molecule has 0 amide bonds. The zero-order valence-electron chi connectivity index (χ0n) is 24.8. The third-order valence-electron chi connectivity index (χ3n) is 8.18. The van der Waals surface area contributed by atoms with E-state index in [0.29, 0.717) is 5.92 Å². The summed E-state index contributed by atoms with van der Waals surface area (Å²) >= 11 is -0.826. The van der Waals surface area contributed by atoms with Crippen molar-refractivity contribution in [3.05, 3.63) is 139 Å². The van der Waals surface area contributed by atoms with Crippen LogP contribution in [0.2, 0.25) is 0 Å². The van der Waals surface area contributed by atoms with Gasteiger partial charge in [0.25, 0.3) is 0 Å². The normalized spacial score (nSPS) is 11.7. The summed E-state index contributed by atoms with van der Waals surface area (Å²) in [6.07, 6.45) is 2.21. The van der Waals surface area contributed by atoms with Gasteiger partial charge in [0.1, 0.15) is 0 Å². The van der Waals surface area contributed by atoms with Crippen LogP contribution < -0.4 is 10.4 Å². The molecule has 0 aromatic heterocycles. The summed E-state index contributed by atoms with van der Waals surface area (Å²) in [6, 6.07) is 47.2. The van der Waals surface area contributed by atoms with E-state index in [0.717, 1.165) is 15.9 Å². The number of hydrogen-bond acceptors (Lipinski definition) is 0. The monoisotopic (exact) mass is 690 g/mol. The maximum atomic E-state index is 4.93. The van der Waals surface area contributed by atoms with Crippen LogP contribution in [0, 0.1) is 6.07 Å². The largest absolute Gasteiger partial charge is 0.184 e. The molecular weight excluding hydrogens is 659 g/mol. The van der Waals surface area contributed by atoms with E-state index in [-0.39, 0.29) is 0 Å². The molecule has 212 valence electrons. The molecule has 0 nitrogen and oxygen atoms in total. The van der Waals surface area contributed by atoms with Crippen LogP contribution in [0.5, 0.6) is 0 Å². The molecule has 1 atom stereocenters. The van der Waals surface area contributed by atoms with E-state index in [1.807, 2.05) is 6.07 Å². The van der Waals surface area contributed by atoms with Crippen molar-refractivity contribution < 1.29 is 20.8 Å². The van der Waals surface area contributed by atoms with E-state index < -0.39 is 20.8 Å². The van der Waals surface area contributed by atoms with Gasteiger partial charge in [-0.1, -0.05) is 128 Å². The number of halogens is 2. The van der Waals surface area contributed by atoms with E-state index in [9.17, 15) is 0 Å². The molecular formula is C39H34Cl2SiZr.